The Balaban J connectivity index is 1.79. The normalized spacial score (nSPS) is 10.5. The number of esters is 1. The zero-order valence-corrected chi connectivity index (χ0v) is 12.8. The van der Waals surface area contributed by atoms with Gasteiger partial charge in [0.2, 0.25) is 0 Å². The SMILES string of the molecule is COC(=O)c1cccc(Cn2ccnc2Cc2ccccn2)c1. The van der Waals surface area contributed by atoms with E-state index >= 15 is 0 Å². The second-order valence-electron chi connectivity index (χ2n) is 5.16. The fourth-order valence-electron chi connectivity index (χ4n) is 2.43. The molecule has 5 heteroatoms. The average Bonchev–Trinajstić information content (AvgIpc) is 3.02. The third-order valence-electron chi connectivity index (χ3n) is 3.57. The molecule has 0 fully saturated rings. The lowest BCUT2D eigenvalue weighted by Gasteiger charge is -2.09. The molecule has 0 bridgehead atoms. The zero-order chi connectivity index (χ0) is 16.1. The van der Waals surface area contributed by atoms with Crippen molar-refractivity contribution in [3.8, 4) is 0 Å². The highest BCUT2D eigenvalue weighted by molar-refractivity contribution is 5.89. The number of carbonyl (C=O) groups excluding carboxylic acids is 1. The predicted octanol–water partition coefficient (Wildman–Crippen LogP) is 2.70. The first-order valence-corrected chi connectivity index (χ1v) is 7.33. The summed E-state index contributed by atoms with van der Waals surface area (Å²) < 4.78 is 6.82. The van der Waals surface area contributed by atoms with Crippen LogP contribution in [-0.2, 0) is 17.7 Å². The second kappa shape index (κ2) is 6.87. The highest BCUT2D eigenvalue weighted by Gasteiger charge is 2.08. The van der Waals surface area contributed by atoms with Crippen LogP contribution in [0.4, 0.5) is 0 Å². The van der Waals surface area contributed by atoms with Crippen molar-refractivity contribution in [1.82, 2.24) is 14.5 Å². The van der Waals surface area contributed by atoms with Gasteiger partial charge in [0.05, 0.1) is 12.7 Å². The molecule has 2 aromatic heterocycles. The van der Waals surface area contributed by atoms with Crippen molar-refractivity contribution in [1.29, 1.82) is 0 Å². The van der Waals surface area contributed by atoms with Gasteiger partial charge in [-0.2, -0.15) is 0 Å². The Hall–Kier alpha value is -2.95. The summed E-state index contributed by atoms with van der Waals surface area (Å²) in [6, 6.07) is 13.3. The van der Waals surface area contributed by atoms with E-state index in [2.05, 4.69) is 14.5 Å². The minimum absolute atomic E-state index is 0.328. The van der Waals surface area contributed by atoms with E-state index < -0.39 is 0 Å². The maximum absolute atomic E-state index is 11.6. The Bertz CT molecular complexity index is 797. The lowest BCUT2D eigenvalue weighted by Crippen LogP contribution is -2.07. The number of hydrogen-bond acceptors (Lipinski definition) is 4. The number of imidazole rings is 1. The van der Waals surface area contributed by atoms with E-state index in [-0.39, 0.29) is 5.97 Å². The molecule has 2 heterocycles. The molecule has 0 spiro atoms. The summed E-state index contributed by atoms with van der Waals surface area (Å²) in [5, 5.41) is 0. The molecule has 0 saturated heterocycles. The van der Waals surface area contributed by atoms with Crippen LogP contribution in [0.25, 0.3) is 0 Å². The molecule has 3 rings (SSSR count). The molecule has 0 radical (unpaired) electrons. The molecular weight excluding hydrogens is 290 g/mol. The Morgan fingerprint density at radius 2 is 2.04 bits per heavy atom. The van der Waals surface area contributed by atoms with E-state index in [4.69, 9.17) is 4.74 Å². The van der Waals surface area contributed by atoms with E-state index in [9.17, 15) is 4.79 Å². The van der Waals surface area contributed by atoms with Crippen LogP contribution in [0.2, 0.25) is 0 Å². The molecule has 0 saturated carbocycles. The van der Waals surface area contributed by atoms with Gasteiger partial charge in [-0.15, -0.1) is 0 Å². The van der Waals surface area contributed by atoms with E-state index in [0.29, 0.717) is 18.5 Å². The van der Waals surface area contributed by atoms with Crippen LogP contribution < -0.4 is 0 Å². The number of ether oxygens (including phenoxy) is 1. The molecule has 116 valence electrons. The third-order valence-corrected chi connectivity index (χ3v) is 3.57. The second-order valence-corrected chi connectivity index (χ2v) is 5.16. The van der Waals surface area contributed by atoms with Gasteiger partial charge in [-0.1, -0.05) is 18.2 Å². The molecule has 0 atom stereocenters. The molecule has 3 aromatic rings. The largest absolute Gasteiger partial charge is 0.465 e. The van der Waals surface area contributed by atoms with Crippen molar-refractivity contribution in [2.24, 2.45) is 0 Å². The Kier molecular flexibility index (Phi) is 4.47. The van der Waals surface area contributed by atoms with Crippen LogP contribution in [0, 0.1) is 0 Å². The summed E-state index contributed by atoms with van der Waals surface area (Å²) >= 11 is 0. The predicted molar refractivity (Wildman–Crippen MR) is 86.2 cm³/mol. The molecular formula is C18H17N3O2. The van der Waals surface area contributed by atoms with Gasteiger partial charge in [0.1, 0.15) is 5.82 Å². The molecule has 1 aromatic carbocycles. The lowest BCUT2D eigenvalue weighted by atomic mass is 10.1. The first-order chi connectivity index (χ1) is 11.3. The molecule has 0 unspecified atom stereocenters. The van der Waals surface area contributed by atoms with Crippen LogP contribution in [0.1, 0.15) is 27.4 Å². The van der Waals surface area contributed by atoms with E-state index in [1.165, 1.54) is 7.11 Å². The molecule has 0 aliphatic carbocycles. The van der Waals surface area contributed by atoms with Crippen molar-refractivity contribution in [2.45, 2.75) is 13.0 Å². The number of aromatic nitrogens is 3. The number of carbonyl (C=O) groups is 1. The summed E-state index contributed by atoms with van der Waals surface area (Å²) in [7, 11) is 1.38. The fourth-order valence-corrected chi connectivity index (χ4v) is 2.43. The van der Waals surface area contributed by atoms with Crippen molar-refractivity contribution in [3.63, 3.8) is 0 Å². The number of methoxy groups -OCH3 is 1. The highest BCUT2D eigenvalue weighted by Crippen LogP contribution is 2.11. The van der Waals surface area contributed by atoms with E-state index in [1.807, 2.05) is 42.6 Å². The van der Waals surface area contributed by atoms with Crippen LogP contribution in [0.15, 0.2) is 61.1 Å². The molecule has 5 nitrogen and oxygen atoms in total. The van der Waals surface area contributed by atoms with Gasteiger partial charge in [0.25, 0.3) is 0 Å². The third kappa shape index (κ3) is 3.63. The summed E-state index contributed by atoms with van der Waals surface area (Å²) in [4.78, 5) is 20.4. The molecule has 23 heavy (non-hydrogen) atoms. The first kappa shape index (κ1) is 15.0. The number of nitrogens with zero attached hydrogens (tertiary/aromatic N) is 3. The Morgan fingerprint density at radius 3 is 2.83 bits per heavy atom. The Labute approximate surface area is 134 Å². The van der Waals surface area contributed by atoms with Crippen molar-refractivity contribution >= 4 is 5.97 Å². The Morgan fingerprint density at radius 1 is 1.13 bits per heavy atom. The zero-order valence-electron chi connectivity index (χ0n) is 12.8. The monoisotopic (exact) mass is 307 g/mol. The smallest absolute Gasteiger partial charge is 0.337 e. The quantitative estimate of drug-likeness (QED) is 0.680. The van der Waals surface area contributed by atoms with Crippen molar-refractivity contribution in [3.05, 3.63) is 83.7 Å². The first-order valence-electron chi connectivity index (χ1n) is 7.33. The maximum atomic E-state index is 11.6. The minimum Gasteiger partial charge on any atom is -0.465 e. The lowest BCUT2D eigenvalue weighted by molar-refractivity contribution is 0.0600. The summed E-state index contributed by atoms with van der Waals surface area (Å²) in [6.07, 6.45) is 6.17. The van der Waals surface area contributed by atoms with Gasteiger partial charge in [-0.05, 0) is 29.8 Å². The fraction of sp³-hybridized carbons (Fsp3) is 0.167. The van der Waals surface area contributed by atoms with E-state index in [0.717, 1.165) is 17.1 Å². The summed E-state index contributed by atoms with van der Waals surface area (Å²) in [5.74, 6) is 0.610. The standard InChI is InChI=1S/C18H17N3O2/c1-23-18(22)15-6-4-5-14(11-15)13-21-10-9-20-17(21)12-16-7-2-3-8-19-16/h2-11H,12-13H2,1H3. The average molecular weight is 307 g/mol. The van der Waals surface area contributed by atoms with Crippen LogP contribution in [-0.4, -0.2) is 27.6 Å². The summed E-state index contributed by atoms with van der Waals surface area (Å²) in [5.41, 5.74) is 2.55. The number of hydrogen-bond donors (Lipinski definition) is 0. The number of rotatable bonds is 5. The van der Waals surface area contributed by atoms with Crippen molar-refractivity contribution in [2.75, 3.05) is 7.11 Å². The maximum Gasteiger partial charge on any atom is 0.337 e. The van der Waals surface area contributed by atoms with Crippen LogP contribution in [0.3, 0.4) is 0 Å². The number of pyridine rings is 1. The molecule has 0 N–H and O–H groups in total. The minimum atomic E-state index is -0.328. The van der Waals surface area contributed by atoms with Gasteiger partial charge in [-0.3, -0.25) is 4.98 Å². The van der Waals surface area contributed by atoms with E-state index in [1.54, 1.807) is 18.5 Å². The molecule has 0 aliphatic rings. The van der Waals surface area contributed by atoms with Gasteiger partial charge < -0.3 is 9.30 Å². The van der Waals surface area contributed by atoms with Gasteiger partial charge >= 0.3 is 5.97 Å². The van der Waals surface area contributed by atoms with Crippen LogP contribution in [0.5, 0.6) is 0 Å². The topological polar surface area (TPSA) is 57.0 Å². The van der Waals surface area contributed by atoms with Gasteiger partial charge in [-0.25, -0.2) is 9.78 Å². The molecule has 0 amide bonds. The highest BCUT2D eigenvalue weighted by atomic mass is 16.5. The summed E-state index contributed by atoms with van der Waals surface area (Å²) in [6.45, 7) is 0.646. The van der Waals surface area contributed by atoms with Gasteiger partial charge in [0, 0.05) is 37.3 Å². The number of benzene rings is 1. The van der Waals surface area contributed by atoms with Crippen LogP contribution >= 0.6 is 0 Å². The molecule has 0 aliphatic heterocycles. The van der Waals surface area contributed by atoms with Gasteiger partial charge in [0.15, 0.2) is 0 Å². The van der Waals surface area contributed by atoms with Crippen molar-refractivity contribution < 1.29 is 9.53 Å².